The van der Waals surface area contributed by atoms with Crippen molar-refractivity contribution in [1.82, 2.24) is 15.5 Å². The van der Waals surface area contributed by atoms with Crippen molar-refractivity contribution in [1.29, 1.82) is 0 Å². The van der Waals surface area contributed by atoms with E-state index in [4.69, 9.17) is 0 Å². The van der Waals surface area contributed by atoms with Crippen LogP contribution in [0.15, 0.2) is 24.3 Å². The third-order valence-corrected chi connectivity index (χ3v) is 5.90. The molecule has 2 aliphatic rings. The summed E-state index contributed by atoms with van der Waals surface area (Å²) in [4.78, 5) is 25.8. The van der Waals surface area contributed by atoms with Crippen molar-refractivity contribution in [2.45, 2.75) is 58.3 Å². The lowest BCUT2D eigenvalue weighted by Crippen LogP contribution is -2.44. The molecule has 5 heteroatoms. The molecule has 0 aromatic heterocycles. The monoisotopic (exact) mass is 385 g/mol. The van der Waals surface area contributed by atoms with Gasteiger partial charge in [0.15, 0.2) is 0 Å². The number of hydrogen-bond donors (Lipinski definition) is 2. The molecular formula is C23H35N3O2. The highest BCUT2D eigenvalue weighted by molar-refractivity contribution is 5.76. The van der Waals surface area contributed by atoms with E-state index in [1.165, 1.54) is 24.0 Å². The predicted octanol–water partition coefficient (Wildman–Crippen LogP) is 3.52. The van der Waals surface area contributed by atoms with Gasteiger partial charge in [-0.05, 0) is 67.9 Å². The van der Waals surface area contributed by atoms with E-state index in [1.807, 2.05) is 4.90 Å². The Morgan fingerprint density at radius 2 is 1.64 bits per heavy atom. The first-order chi connectivity index (χ1) is 13.6. The van der Waals surface area contributed by atoms with Gasteiger partial charge in [-0.2, -0.15) is 0 Å². The van der Waals surface area contributed by atoms with Crippen molar-refractivity contribution in [3.05, 3.63) is 35.4 Å². The van der Waals surface area contributed by atoms with Gasteiger partial charge in [0.2, 0.25) is 5.91 Å². The molecule has 3 rings (SSSR count). The zero-order valence-electron chi connectivity index (χ0n) is 17.2. The quantitative estimate of drug-likeness (QED) is 0.683. The summed E-state index contributed by atoms with van der Waals surface area (Å²) < 4.78 is 0. The number of nitrogens with zero attached hydrogens (tertiary/aromatic N) is 1. The fraction of sp³-hybridized carbons (Fsp3) is 0.652. The molecule has 2 N–H and O–H groups in total. The van der Waals surface area contributed by atoms with Gasteiger partial charge in [0.25, 0.3) is 0 Å². The van der Waals surface area contributed by atoms with Crippen LogP contribution in [0.25, 0.3) is 0 Å². The molecule has 5 nitrogen and oxygen atoms in total. The molecule has 1 heterocycles. The zero-order valence-corrected chi connectivity index (χ0v) is 17.2. The first-order valence-electron chi connectivity index (χ1n) is 11.0. The minimum atomic E-state index is 0.0887. The summed E-state index contributed by atoms with van der Waals surface area (Å²) in [6, 6.07) is 8.83. The molecule has 3 amide bonds. The molecule has 28 heavy (non-hydrogen) atoms. The van der Waals surface area contributed by atoms with Crippen molar-refractivity contribution < 1.29 is 9.59 Å². The maximum atomic E-state index is 12.0. The highest BCUT2D eigenvalue weighted by atomic mass is 16.2. The maximum Gasteiger partial charge on any atom is 0.317 e. The molecule has 0 spiro atoms. The molecule has 1 saturated carbocycles. The second kappa shape index (κ2) is 10.5. The van der Waals surface area contributed by atoms with Gasteiger partial charge in [-0.1, -0.05) is 31.2 Å². The van der Waals surface area contributed by atoms with Crippen LogP contribution in [0.1, 0.15) is 56.6 Å². The van der Waals surface area contributed by atoms with Crippen LogP contribution in [0.5, 0.6) is 0 Å². The van der Waals surface area contributed by atoms with E-state index in [0.717, 1.165) is 64.2 Å². The van der Waals surface area contributed by atoms with E-state index < -0.39 is 0 Å². The van der Waals surface area contributed by atoms with Gasteiger partial charge in [0.05, 0.1) is 0 Å². The van der Waals surface area contributed by atoms with Crippen molar-refractivity contribution in [2.75, 3.05) is 26.2 Å². The third-order valence-electron chi connectivity index (χ3n) is 5.90. The number of carbonyl (C=O) groups is 2. The molecule has 154 valence electrons. The third kappa shape index (κ3) is 6.84. The van der Waals surface area contributed by atoms with E-state index in [9.17, 15) is 9.59 Å². The molecular weight excluding hydrogens is 350 g/mol. The molecule has 0 radical (unpaired) electrons. The number of carbonyl (C=O) groups excluding carboxylic acids is 2. The summed E-state index contributed by atoms with van der Waals surface area (Å²) in [5, 5.41) is 6.00. The normalized spacial score (nSPS) is 17.4. The maximum absolute atomic E-state index is 12.0. The highest BCUT2D eigenvalue weighted by Crippen LogP contribution is 2.27. The topological polar surface area (TPSA) is 61.4 Å². The van der Waals surface area contributed by atoms with E-state index >= 15 is 0 Å². The summed E-state index contributed by atoms with van der Waals surface area (Å²) in [6.45, 7) is 5.40. The van der Waals surface area contributed by atoms with Crippen molar-refractivity contribution in [2.24, 2.45) is 11.8 Å². The lowest BCUT2D eigenvalue weighted by atomic mass is 9.90. The summed E-state index contributed by atoms with van der Waals surface area (Å²) in [5.74, 6) is 1.56. The van der Waals surface area contributed by atoms with Gasteiger partial charge in [-0.25, -0.2) is 4.79 Å². The first kappa shape index (κ1) is 20.7. The fourth-order valence-electron chi connectivity index (χ4n) is 3.79. The van der Waals surface area contributed by atoms with Gasteiger partial charge in [-0.15, -0.1) is 0 Å². The molecule has 0 unspecified atom stereocenters. The highest BCUT2D eigenvalue weighted by Gasteiger charge is 2.23. The Kier molecular flexibility index (Phi) is 7.75. The molecule has 1 aromatic carbocycles. The SMILES string of the molecule is CCCNC(=O)N1CCC(Cc2ccc(CCC(=O)NCC3CC3)cc2)CC1. The molecule has 1 aliphatic heterocycles. The van der Waals surface area contributed by atoms with Crippen LogP contribution >= 0.6 is 0 Å². The van der Waals surface area contributed by atoms with E-state index in [0.29, 0.717) is 12.3 Å². The Morgan fingerprint density at radius 3 is 2.29 bits per heavy atom. The lowest BCUT2D eigenvalue weighted by Gasteiger charge is -2.32. The van der Waals surface area contributed by atoms with Crippen LogP contribution in [-0.4, -0.2) is 43.0 Å². The van der Waals surface area contributed by atoms with Crippen molar-refractivity contribution in [3.8, 4) is 0 Å². The van der Waals surface area contributed by atoms with Crippen LogP contribution in [0, 0.1) is 11.8 Å². The number of urea groups is 1. The number of hydrogen-bond acceptors (Lipinski definition) is 2. The van der Waals surface area contributed by atoms with Crippen LogP contribution in [0.4, 0.5) is 4.79 Å². The first-order valence-corrected chi connectivity index (χ1v) is 11.0. The zero-order chi connectivity index (χ0) is 19.8. The number of rotatable bonds is 9. The Hall–Kier alpha value is -2.04. The summed E-state index contributed by atoms with van der Waals surface area (Å²) in [6.07, 6.45) is 8.12. The van der Waals surface area contributed by atoms with Crippen molar-refractivity contribution in [3.63, 3.8) is 0 Å². The standard InChI is InChI=1S/C23H35N3O2/c1-2-13-24-23(28)26-14-11-20(12-15-26)16-19-5-3-18(4-6-19)9-10-22(27)25-17-21-7-8-21/h3-6,20-21H,2,7-17H2,1H3,(H,24,28)(H,25,27). The molecule has 0 bridgehead atoms. The Labute approximate surface area is 169 Å². The van der Waals surface area contributed by atoms with E-state index in [-0.39, 0.29) is 11.9 Å². The number of piperidine rings is 1. The number of nitrogens with one attached hydrogen (secondary N) is 2. The molecule has 1 saturated heterocycles. The fourth-order valence-corrected chi connectivity index (χ4v) is 3.79. The van der Waals surface area contributed by atoms with Gasteiger partial charge < -0.3 is 15.5 Å². The van der Waals surface area contributed by atoms with Crippen LogP contribution in [0.2, 0.25) is 0 Å². The van der Waals surface area contributed by atoms with Crippen LogP contribution < -0.4 is 10.6 Å². The van der Waals surface area contributed by atoms with E-state index in [1.54, 1.807) is 0 Å². The predicted molar refractivity (Wildman–Crippen MR) is 112 cm³/mol. The molecule has 0 atom stereocenters. The van der Waals surface area contributed by atoms with Crippen LogP contribution in [-0.2, 0) is 17.6 Å². The Morgan fingerprint density at radius 1 is 0.964 bits per heavy atom. The number of aryl methyl sites for hydroxylation is 1. The van der Waals surface area contributed by atoms with Gasteiger partial charge >= 0.3 is 6.03 Å². The second-order valence-electron chi connectivity index (χ2n) is 8.43. The summed E-state index contributed by atoms with van der Waals surface area (Å²) in [5.41, 5.74) is 2.59. The lowest BCUT2D eigenvalue weighted by molar-refractivity contribution is -0.121. The smallest absolute Gasteiger partial charge is 0.317 e. The second-order valence-corrected chi connectivity index (χ2v) is 8.43. The van der Waals surface area contributed by atoms with E-state index in [2.05, 4.69) is 41.8 Å². The van der Waals surface area contributed by atoms with Gasteiger partial charge in [0.1, 0.15) is 0 Å². The summed E-state index contributed by atoms with van der Waals surface area (Å²) >= 11 is 0. The number of benzene rings is 1. The average Bonchev–Trinajstić information content (AvgIpc) is 3.55. The average molecular weight is 386 g/mol. The summed E-state index contributed by atoms with van der Waals surface area (Å²) in [7, 11) is 0. The Balaban J connectivity index is 1.35. The molecule has 1 aromatic rings. The largest absolute Gasteiger partial charge is 0.356 e. The number of amides is 3. The minimum absolute atomic E-state index is 0.0887. The number of likely N-dealkylation sites (tertiary alicyclic amines) is 1. The van der Waals surface area contributed by atoms with Gasteiger partial charge in [0, 0.05) is 32.6 Å². The van der Waals surface area contributed by atoms with Crippen molar-refractivity contribution >= 4 is 11.9 Å². The molecule has 2 fully saturated rings. The van der Waals surface area contributed by atoms with Gasteiger partial charge in [-0.3, -0.25) is 4.79 Å². The molecule has 1 aliphatic carbocycles. The minimum Gasteiger partial charge on any atom is -0.356 e. The Bertz CT molecular complexity index is 632. The van der Waals surface area contributed by atoms with Crippen LogP contribution in [0.3, 0.4) is 0 Å².